The van der Waals surface area contributed by atoms with Crippen LogP contribution in [0.4, 0.5) is 4.39 Å². The van der Waals surface area contributed by atoms with Gasteiger partial charge in [0.05, 0.1) is 10.6 Å². The fraction of sp³-hybridized carbons (Fsp3) is 0.625. The zero-order valence-electron chi connectivity index (χ0n) is 12.2. The lowest BCUT2D eigenvalue weighted by Gasteiger charge is -2.41. The third kappa shape index (κ3) is 3.09. The molecule has 2 heterocycles. The fourth-order valence-electron chi connectivity index (χ4n) is 3.62. The van der Waals surface area contributed by atoms with Gasteiger partial charge in [0, 0.05) is 24.0 Å². The first-order valence-electron chi connectivity index (χ1n) is 7.48. The molecule has 1 N–H and O–H groups in total. The Morgan fingerprint density at radius 3 is 3.10 bits per heavy atom. The Morgan fingerprint density at radius 2 is 2.38 bits per heavy atom. The van der Waals surface area contributed by atoms with Gasteiger partial charge in [-0.3, -0.25) is 0 Å². The lowest BCUT2D eigenvalue weighted by molar-refractivity contribution is -0.0852. The maximum Gasteiger partial charge on any atom is 0.146 e. The minimum absolute atomic E-state index is 0.00456. The van der Waals surface area contributed by atoms with Crippen LogP contribution in [0.25, 0.3) is 0 Å². The summed E-state index contributed by atoms with van der Waals surface area (Å²) in [4.78, 5) is 0. The maximum atomic E-state index is 14.4. The van der Waals surface area contributed by atoms with Gasteiger partial charge in [0.15, 0.2) is 0 Å². The molecule has 1 spiro atoms. The van der Waals surface area contributed by atoms with E-state index < -0.39 is 0 Å². The molecular formula is C16H21ClFNOS. The van der Waals surface area contributed by atoms with Crippen LogP contribution in [0.5, 0.6) is 0 Å². The van der Waals surface area contributed by atoms with E-state index in [9.17, 15) is 4.39 Å². The molecule has 0 amide bonds. The smallest absolute Gasteiger partial charge is 0.146 e. The number of hydrogen-bond acceptors (Lipinski definition) is 3. The zero-order chi connectivity index (χ0) is 14.9. The van der Waals surface area contributed by atoms with Crippen LogP contribution < -0.4 is 5.32 Å². The molecule has 0 radical (unpaired) electrons. The topological polar surface area (TPSA) is 21.3 Å². The molecule has 3 unspecified atom stereocenters. The number of thioether (sulfide) groups is 1. The molecule has 2 aliphatic rings. The first-order chi connectivity index (χ1) is 10.2. The normalized spacial score (nSPS) is 30.7. The first-order valence-corrected chi connectivity index (χ1v) is 9.01. The van der Waals surface area contributed by atoms with E-state index in [-0.39, 0.29) is 22.5 Å². The molecule has 2 nitrogen and oxygen atoms in total. The van der Waals surface area contributed by atoms with Crippen molar-refractivity contribution < 1.29 is 9.13 Å². The summed E-state index contributed by atoms with van der Waals surface area (Å²) in [5.41, 5.74) is 0.690. The predicted octanol–water partition coefficient (Wildman–Crippen LogP) is 4.04. The third-order valence-electron chi connectivity index (χ3n) is 4.70. The number of benzene rings is 1. The monoisotopic (exact) mass is 329 g/mol. The van der Waals surface area contributed by atoms with Gasteiger partial charge < -0.3 is 10.1 Å². The van der Waals surface area contributed by atoms with E-state index in [1.807, 2.05) is 30.9 Å². The Kier molecular flexibility index (Phi) is 4.79. The summed E-state index contributed by atoms with van der Waals surface area (Å²) < 4.78 is 20.4. The van der Waals surface area contributed by atoms with Crippen molar-refractivity contribution in [1.29, 1.82) is 0 Å². The van der Waals surface area contributed by atoms with Crippen molar-refractivity contribution in [2.24, 2.45) is 5.92 Å². The van der Waals surface area contributed by atoms with Gasteiger partial charge in [0.1, 0.15) is 5.82 Å². The number of halogens is 2. The minimum atomic E-state index is -0.292. The van der Waals surface area contributed by atoms with Gasteiger partial charge in [-0.2, -0.15) is 11.8 Å². The van der Waals surface area contributed by atoms with Crippen molar-refractivity contribution in [2.75, 3.05) is 25.2 Å². The van der Waals surface area contributed by atoms with Crippen molar-refractivity contribution in [2.45, 2.75) is 30.9 Å². The van der Waals surface area contributed by atoms with Crippen LogP contribution in [0.3, 0.4) is 0 Å². The van der Waals surface area contributed by atoms with E-state index in [1.54, 1.807) is 6.07 Å². The van der Waals surface area contributed by atoms with E-state index in [1.165, 1.54) is 5.75 Å². The largest absolute Gasteiger partial charge is 0.374 e. The number of ether oxygens (including phenoxy) is 1. The molecule has 2 aliphatic heterocycles. The van der Waals surface area contributed by atoms with Gasteiger partial charge in [0.2, 0.25) is 0 Å². The van der Waals surface area contributed by atoms with Gasteiger partial charge in [0.25, 0.3) is 0 Å². The van der Waals surface area contributed by atoms with Crippen molar-refractivity contribution >= 4 is 23.4 Å². The Balaban J connectivity index is 1.84. The molecule has 0 bridgehead atoms. The molecule has 0 saturated carbocycles. The summed E-state index contributed by atoms with van der Waals surface area (Å²) in [5.74, 6) is 2.33. The zero-order valence-corrected chi connectivity index (χ0v) is 13.8. The predicted molar refractivity (Wildman–Crippen MR) is 86.6 cm³/mol. The summed E-state index contributed by atoms with van der Waals surface area (Å²) in [6, 6.07) is 5.26. The molecule has 2 fully saturated rings. The molecule has 5 heteroatoms. The van der Waals surface area contributed by atoms with Crippen molar-refractivity contribution in [3.8, 4) is 0 Å². The average Bonchev–Trinajstić information content (AvgIpc) is 2.92. The van der Waals surface area contributed by atoms with Gasteiger partial charge in [-0.25, -0.2) is 4.39 Å². The Hall–Kier alpha value is -0.290. The number of rotatable bonds is 3. The van der Waals surface area contributed by atoms with Gasteiger partial charge >= 0.3 is 0 Å². The molecule has 0 aliphatic carbocycles. The van der Waals surface area contributed by atoms with E-state index in [2.05, 4.69) is 5.32 Å². The van der Waals surface area contributed by atoms with Gasteiger partial charge in [-0.05, 0) is 44.0 Å². The molecule has 0 aromatic heterocycles. The van der Waals surface area contributed by atoms with E-state index in [0.29, 0.717) is 11.5 Å². The fourth-order valence-corrected chi connectivity index (χ4v) is 5.18. The highest BCUT2D eigenvalue weighted by Crippen LogP contribution is 2.44. The summed E-state index contributed by atoms with van der Waals surface area (Å²) >= 11 is 7.91. The second-order valence-electron chi connectivity index (χ2n) is 6.00. The molecule has 116 valence electrons. The van der Waals surface area contributed by atoms with Gasteiger partial charge in [-0.1, -0.05) is 23.7 Å². The summed E-state index contributed by atoms with van der Waals surface area (Å²) in [6.45, 7) is 0.769. The minimum Gasteiger partial charge on any atom is -0.374 e. The first kappa shape index (κ1) is 15.6. The maximum absolute atomic E-state index is 14.4. The highest BCUT2D eigenvalue weighted by Gasteiger charge is 2.42. The van der Waals surface area contributed by atoms with Crippen LogP contribution in [0.1, 0.15) is 30.9 Å². The Labute approximate surface area is 134 Å². The van der Waals surface area contributed by atoms with E-state index in [0.717, 1.165) is 31.6 Å². The summed E-state index contributed by atoms with van der Waals surface area (Å²) in [7, 11) is 1.90. The van der Waals surface area contributed by atoms with Crippen molar-refractivity contribution in [1.82, 2.24) is 5.32 Å². The van der Waals surface area contributed by atoms with Gasteiger partial charge in [-0.15, -0.1) is 0 Å². The molecule has 21 heavy (non-hydrogen) atoms. The van der Waals surface area contributed by atoms with Crippen molar-refractivity contribution in [3.05, 3.63) is 34.6 Å². The molecule has 1 aromatic rings. The van der Waals surface area contributed by atoms with Crippen LogP contribution in [0, 0.1) is 11.7 Å². The second kappa shape index (κ2) is 6.45. The standard InChI is InChI=1S/C16H21ClFNOS/c1-19-15(12-3-2-4-13(17)14(12)18)11-5-7-20-16(9-11)6-8-21-10-16/h2-4,11,15,19H,5-10H2,1H3. The molecule has 3 atom stereocenters. The average molecular weight is 330 g/mol. The molecular weight excluding hydrogens is 309 g/mol. The van der Waals surface area contributed by atoms with Crippen LogP contribution in [0.15, 0.2) is 18.2 Å². The van der Waals surface area contributed by atoms with Crippen LogP contribution in [-0.4, -0.2) is 30.8 Å². The summed E-state index contributed by atoms with van der Waals surface area (Å²) in [5, 5.41) is 3.50. The number of nitrogens with one attached hydrogen (secondary N) is 1. The number of hydrogen-bond donors (Lipinski definition) is 1. The molecule has 1 aromatic carbocycles. The highest BCUT2D eigenvalue weighted by atomic mass is 35.5. The second-order valence-corrected chi connectivity index (χ2v) is 7.51. The van der Waals surface area contributed by atoms with E-state index in [4.69, 9.17) is 16.3 Å². The Morgan fingerprint density at radius 1 is 1.52 bits per heavy atom. The lowest BCUT2D eigenvalue weighted by atomic mass is 9.79. The quantitative estimate of drug-likeness (QED) is 0.904. The SMILES string of the molecule is CNC(c1cccc(Cl)c1F)C1CCOC2(CCSC2)C1. The highest BCUT2D eigenvalue weighted by molar-refractivity contribution is 7.99. The van der Waals surface area contributed by atoms with Crippen LogP contribution in [-0.2, 0) is 4.74 Å². The third-order valence-corrected chi connectivity index (χ3v) is 6.21. The van der Waals surface area contributed by atoms with Crippen LogP contribution in [0.2, 0.25) is 5.02 Å². The molecule has 2 saturated heterocycles. The lowest BCUT2D eigenvalue weighted by Crippen LogP contribution is -2.43. The van der Waals surface area contributed by atoms with E-state index >= 15 is 0 Å². The van der Waals surface area contributed by atoms with Crippen LogP contribution >= 0.6 is 23.4 Å². The Bertz CT molecular complexity index is 507. The van der Waals surface area contributed by atoms with Crippen molar-refractivity contribution in [3.63, 3.8) is 0 Å². The summed E-state index contributed by atoms with van der Waals surface area (Å²) in [6.07, 6.45) is 3.07. The molecule has 3 rings (SSSR count).